The number of benzene rings is 3. The minimum atomic E-state index is -0.833. The van der Waals surface area contributed by atoms with Gasteiger partial charge >= 0.3 is 6.03 Å². The molecule has 0 spiro atoms. The van der Waals surface area contributed by atoms with E-state index in [1.165, 1.54) is 18.2 Å². The minimum Gasteiger partial charge on any atom is -0.490 e. The summed E-state index contributed by atoms with van der Waals surface area (Å²) >= 11 is 11.8. The highest BCUT2D eigenvalue weighted by atomic mass is 35.5. The van der Waals surface area contributed by atoms with Crippen LogP contribution >= 0.6 is 23.2 Å². The zero-order valence-corrected chi connectivity index (χ0v) is 20.1. The van der Waals surface area contributed by atoms with Gasteiger partial charge in [-0.05, 0) is 72.7 Å². The molecule has 0 bridgehead atoms. The first-order valence-electron chi connectivity index (χ1n) is 10.7. The van der Waals surface area contributed by atoms with Gasteiger partial charge in [-0.1, -0.05) is 41.4 Å². The standard InChI is InChI=1S/C26H20Cl2N2O5/c1-2-34-23-14-17(5-12-22(23)35-15-16-3-6-18(27)7-4-16)13-21-24(31)29-26(33)30(25(21)32)20-10-8-19(28)9-11-20/h3-14H,2,15H2,1H3,(H,29,31,33)/b21-13+. The number of rotatable bonds is 7. The van der Waals surface area contributed by atoms with Crippen LogP contribution in [-0.4, -0.2) is 24.5 Å². The molecule has 1 heterocycles. The lowest BCUT2D eigenvalue weighted by atomic mass is 10.1. The first kappa shape index (κ1) is 24.3. The number of nitrogens with zero attached hydrogens (tertiary/aromatic N) is 1. The summed E-state index contributed by atoms with van der Waals surface area (Å²) in [7, 11) is 0. The molecular weight excluding hydrogens is 491 g/mol. The molecule has 1 saturated heterocycles. The molecule has 35 heavy (non-hydrogen) atoms. The van der Waals surface area contributed by atoms with Crippen molar-refractivity contribution in [3.8, 4) is 11.5 Å². The van der Waals surface area contributed by atoms with Crippen molar-refractivity contribution >= 4 is 52.8 Å². The number of hydrogen-bond donors (Lipinski definition) is 1. The number of ether oxygens (including phenoxy) is 2. The van der Waals surface area contributed by atoms with Gasteiger partial charge in [0.1, 0.15) is 12.2 Å². The van der Waals surface area contributed by atoms with Gasteiger partial charge in [-0.3, -0.25) is 14.9 Å². The molecule has 0 unspecified atom stereocenters. The van der Waals surface area contributed by atoms with E-state index >= 15 is 0 Å². The Morgan fingerprint density at radius 3 is 2.17 bits per heavy atom. The van der Waals surface area contributed by atoms with Crippen LogP contribution in [0.2, 0.25) is 10.0 Å². The van der Waals surface area contributed by atoms with Crippen molar-refractivity contribution in [1.29, 1.82) is 0 Å². The molecule has 0 aromatic heterocycles. The number of imide groups is 2. The maximum Gasteiger partial charge on any atom is 0.335 e. The van der Waals surface area contributed by atoms with Crippen LogP contribution in [0.15, 0.2) is 72.3 Å². The lowest BCUT2D eigenvalue weighted by Gasteiger charge is -2.26. The van der Waals surface area contributed by atoms with Crippen molar-refractivity contribution < 1.29 is 23.9 Å². The van der Waals surface area contributed by atoms with Gasteiger partial charge in [0.05, 0.1) is 12.3 Å². The average molecular weight is 511 g/mol. The molecule has 0 atom stereocenters. The summed E-state index contributed by atoms with van der Waals surface area (Å²) in [6.07, 6.45) is 1.40. The number of amides is 4. The van der Waals surface area contributed by atoms with E-state index in [9.17, 15) is 14.4 Å². The third kappa shape index (κ3) is 5.65. The van der Waals surface area contributed by atoms with E-state index in [0.29, 0.717) is 40.3 Å². The molecule has 4 rings (SSSR count). The Bertz CT molecular complexity index is 1300. The molecule has 4 amide bonds. The van der Waals surface area contributed by atoms with Gasteiger partial charge in [0.15, 0.2) is 11.5 Å². The number of urea groups is 1. The number of anilines is 1. The fraction of sp³-hybridized carbons (Fsp3) is 0.115. The summed E-state index contributed by atoms with van der Waals surface area (Å²) in [4.78, 5) is 38.8. The van der Waals surface area contributed by atoms with Crippen LogP contribution < -0.4 is 19.7 Å². The molecule has 0 radical (unpaired) electrons. The Kier molecular flexibility index (Phi) is 7.39. The molecule has 0 aliphatic carbocycles. The number of carbonyl (C=O) groups excluding carboxylic acids is 3. The summed E-state index contributed by atoms with van der Waals surface area (Å²) in [5, 5.41) is 3.29. The van der Waals surface area contributed by atoms with E-state index in [2.05, 4.69) is 5.32 Å². The van der Waals surface area contributed by atoms with Crippen LogP contribution in [0.5, 0.6) is 11.5 Å². The maximum atomic E-state index is 13.1. The lowest BCUT2D eigenvalue weighted by Crippen LogP contribution is -2.54. The number of nitrogens with one attached hydrogen (secondary N) is 1. The third-order valence-electron chi connectivity index (χ3n) is 5.07. The molecule has 178 valence electrons. The summed E-state index contributed by atoms with van der Waals surface area (Å²) < 4.78 is 11.6. The Hall–Kier alpha value is -3.81. The zero-order chi connectivity index (χ0) is 24.9. The molecule has 9 heteroatoms. The molecule has 1 aliphatic rings. The fourth-order valence-corrected chi connectivity index (χ4v) is 3.64. The molecule has 7 nitrogen and oxygen atoms in total. The molecule has 0 saturated carbocycles. The molecule has 3 aromatic carbocycles. The van der Waals surface area contributed by atoms with Gasteiger partial charge in [0.2, 0.25) is 0 Å². The van der Waals surface area contributed by atoms with Crippen LogP contribution in [0, 0.1) is 0 Å². The van der Waals surface area contributed by atoms with Gasteiger partial charge in [0.25, 0.3) is 11.8 Å². The fourth-order valence-electron chi connectivity index (χ4n) is 3.39. The van der Waals surface area contributed by atoms with Crippen molar-refractivity contribution in [2.75, 3.05) is 11.5 Å². The van der Waals surface area contributed by atoms with Gasteiger partial charge in [-0.2, -0.15) is 0 Å². The Morgan fingerprint density at radius 2 is 1.51 bits per heavy atom. The largest absolute Gasteiger partial charge is 0.490 e. The third-order valence-corrected chi connectivity index (χ3v) is 5.58. The summed E-state index contributed by atoms with van der Waals surface area (Å²) in [6.45, 7) is 2.52. The molecule has 1 N–H and O–H groups in total. The van der Waals surface area contributed by atoms with Crippen molar-refractivity contribution in [1.82, 2.24) is 5.32 Å². The van der Waals surface area contributed by atoms with Crippen LogP contribution in [-0.2, 0) is 16.2 Å². The predicted molar refractivity (Wildman–Crippen MR) is 134 cm³/mol. The van der Waals surface area contributed by atoms with Gasteiger partial charge in [-0.25, -0.2) is 9.69 Å². The van der Waals surface area contributed by atoms with Crippen molar-refractivity contribution in [2.45, 2.75) is 13.5 Å². The van der Waals surface area contributed by atoms with E-state index in [1.807, 2.05) is 19.1 Å². The maximum absolute atomic E-state index is 13.1. The summed E-state index contributed by atoms with van der Waals surface area (Å²) in [6, 6.07) is 17.6. The number of carbonyl (C=O) groups is 3. The highest BCUT2D eigenvalue weighted by Gasteiger charge is 2.36. The Morgan fingerprint density at radius 1 is 0.857 bits per heavy atom. The summed E-state index contributed by atoms with van der Waals surface area (Å²) in [5.41, 5.74) is 1.55. The smallest absolute Gasteiger partial charge is 0.335 e. The highest BCUT2D eigenvalue weighted by Crippen LogP contribution is 2.31. The normalized spacial score (nSPS) is 14.8. The van der Waals surface area contributed by atoms with Crippen molar-refractivity contribution in [3.05, 3.63) is 93.5 Å². The van der Waals surface area contributed by atoms with Crippen LogP contribution in [0.25, 0.3) is 6.08 Å². The minimum absolute atomic E-state index is 0.197. The Labute approximate surface area is 211 Å². The van der Waals surface area contributed by atoms with E-state index in [0.717, 1.165) is 10.5 Å². The summed E-state index contributed by atoms with van der Waals surface area (Å²) in [5.74, 6) is -0.584. The van der Waals surface area contributed by atoms with Gasteiger partial charge < -0.3 is 9.47 Å². The second-order valence-electron chi connectivity index (χ2n) is 7.49. The van der Waals surface area contributed by atoms with E-state index in [1.54, 1.807) is 42.5 Å². The van der Waals surface area contributed by atoms with Crippen molar-refractivity contribution in [3.63, 3.8) is 0 Å². The van der Waals surface area contributed by atoms with Crippen LogP contribution in [0.3, 0.4) is 0 Å². The van der Waals surface area contributed by atoms with Crippen LogP contribution in [0.1, 0.15) is 18.1 Å². The first-order chi connectivity index (χ1) is 16.9. The molecular formula is C26H20Cl2N2O5. The highest BCUT2D eigenvalue weighted by molar-refractivity contribution is 6.39. The second-order valence-corrected chi connectivity index (χ2v) is 8.36. The molecule has 1 aliphatic heterocycles. The lowest BCUT2D eigenvalue weighted by molar-refractivity contribution is -0.122. The Balaban J connectivity index is 1.60. The number of halogens is 2. The van der Waals surface area contributed by atoms with Crippen molar-refractivity contribution in [2.24, 2.45) is 0 Å². The SMILES string of the molecule is CCOc1cc(/C=C2\C(=O)NC(=O)N(c3ccc(Cl)cc3)C2=O)ccc1OCc1ccc(Cl)cc1. The number of barbiturate groups is 1. The van der Waals surface area contributed by atoms with Gasteiger partial charge in [0, 0.05) is 10.0 Å². The average Bonchev–Trinajstić information content (AvgIpc) is 2.83. The molecule has 1 fully saturated rings. The zero-order valence-electron chi connectivity index (χ0n) is 18.6. The second kappa shape index (κ2) is 10.6. The quantitative estimate of drug-likeness (QED) is 0.328. The van der Waals surface area contributed by atoms with E-state index in [4.69, 9.17) is 32.7 Å². The molecule has 3 aromatic rings. The van der Waals surface area contributed by atoms with E-state index < -0.39 is 17.8 Å². The number of hydrogen-bond acceptors (Lipinski definition) is 5. The van der Waals surface area contributed by atoms with E-state index in [-0.39, 0.29) is 11.3 Å². The van der Waals surface area contributed by atoms with Gasteiger partial charge in [-0.15, -0.1) is 0 Å². The topological polar surface area (TPSA) is 84.9 Å². The predicted octanol–water partition coefficient (Wildman–Crippen LogP) is 5.64. The monoisotopic (exact) mass is 510 g/mol. The van der Waals surface area contributed by atoms with Crippen LogP contribution in [0.4, 0.5) is 10.5 Å². The first-order valence-corrected chi connectivity index (χ1v) is 11.4.